The number of rotatable bonds is 20. The molecule has 0 fully saturated rings. The van der Waals surface area contributed by atoms with Gasteiger partial charge in [0.05, 0.1) is 0 Å². The van der Waals surface area contributed by atoms with Crippen molar-refractivity contribution in [2.45, 2.75) is 133 Å². The first-order valence-corrected chi connectivity index (χ1v) is 14.9. The van der Waals surface area contributed by atoms with Gasteiger partial charge in [0.15, 0.2) is 0 Å². The lowest BCUT2D eigenvalue weighted by molar-refractivity contribution is -0.524. The predicted octanol–water partition coefficient (Wildman–Crippen LogP) is 11.5. The SMILES string of the molecule is Cl.NCCCCCCN(C(F)(C(O)(F)C(F)(F)F)C(F)(F)C(F)(F)C(F)(F)C(F)(F)C(F)(F)C(F)(F)F)C(F)(C(O)(F)C(F)(F)F)C(F)(F)C(F)(F)C(F)(F)C(F)(F)C(F)(F)C(F)(F)F. The molecule has 4 nitrogen and oxygen atoms in total. The van der Waals surface area contributed by atoms with Crippen LogP contribution in [0.4, 0.5) is 158 Å². The molecule has 0 heterocycles. The van der Waals surface area contributed by atoms with Gasteiger partial charge in [-0.2, -0.15) is 149 Å². The fraction of sp³-hybridized carbons (Fsp3) is 1.00. The Labute approximate surface area is 338 Å². The van der Waals surface area contributed by atoms with Crippen molar-refractivity contribution in [3.8, 4) is 0 Å². The second kappa shape index (κ2) is 17.2. The quantitative estimate of drug-likeness (QED) is 0.0646. The summed E-state index contributed by atoms with van der Waals surface area (Å²) in [4.78, 5) is -5.18. The number of unbranched alkanes of at least 4 members (excludes halogenated alkanes) is 3. The summed E-state index contributed by atoms with van der Waals surface area (Å²) in [5.74, 6) is -140. The van der Waals surface area contributed by atoms with E-state index in [2.05, 4.69) is 0 Å². The maximum absolute atomic E-state index is 16.5. The van der Waals surface area contributed by atoms with Crippen molar-refractivity contribution in [3.05, 3.63) is 0 Å². The van der Waals surface area contributed by atoms with Crippen LogP contribution in [0.1, 0.15) is 25.7 Å². The predicted molar refractivity (Wildman–Crippen MR) is 135 cm³/mol. The highest BCUT2D eigenvalue weighted by Gasteiger charge is 3.02. The van der Waals surface area contributed by atoms with E-state index >= 15 is 35.1 Å². The van der Waals surface area contributed by atoms with Crippen molar-refractivity contribution in [1.82, 2.24) is 4.90 Å². The topological polar surface area (TPSA) is 69.7 Å². The van der Waals surface area contributed by atoms with Gasteiger partial charge in [0.2, 0.25) is 0 Å². The summed E-state index contributed by atoms with van der Waals surface area (Å²) in [6.45, 7) is -5.58. The van der Waals surface area contributed by atoms with Gasteiger partial charge in [-0.15, -0.1) is 12.4 Å². The highest BCUT2D eigenvalue weighted by Crippen LogP contribution is 2.70. The third-order valence-electron chi connectivity index (χ3n) is 8.41. The Morgan fingerprint density at radius 3 is 0.677 bits per heavy atom. The van der Waals surface area contributed by atoms with E-state index in [1.54, 1.807) is 0 Å². The van der Waals surface area contributed by atoms with Crippen LogP contribution in [-0.4, -0.2) is 135 Å². The summed E-state index contributed by atoms with van der Waals surface area (Å²) < 4.78 is 508. The third kappa shape index (κ3) is 8.49. The lowest BCUT2D eigenvalue weighted by Crippen LogP contribution is -2.89. The second-order valence-electron chi connectivity index (χ2n) is 12.6. The standard InChI is InChI=1S/C24H16F36N2O2.ClH/c25-7(26,11(33,34)15(41,42)21(49,50)51)9(29,30)13(37,38)17(45,19(47,63)23(55,56)57)62(6-4-2-1-3-5-61)18(46,20(48,64)24(58,59)60)14(39,40)10(31,32)8(27,28)12(35,36)16(43,44)22(52,53)54;/h63-64H,1-6,61H2;1H. The average molecular weight is 1080 g/mol. The van der Waals surface area contributed by atoms with Crippen molar-refractivity contribution in [2.75, 3.05) is 13.1 Å². The van der Waals surface area contributed by atoms with E-state index in [1.165, 1.54) is 0 Å². The molecule has 0 aromatic carbocycles. The van der Waals surface area contributed by atoms with E-state index in [9.17, 15) is 123 Å². The van der Waals surface area contributed by atoms with Crippen LogP contribution >= 0.6 is 12.4 Å². The molecule has 4 atom stereocenters. The number of nitrogens with two attached hydrogens (primary N) is 1. The normalized spacial score (nSPS) is 19.6. The van der Waals surface area contributed by atoms with Crippen molar-refractivity contribution >= 4 is 12.4 Å². The molecule has 0 aliphatic carbocycles. The molecular weight excluding hydrogens is 1070 g/mol. The van der Waals surface area contributed by atoms with E-state index in [0.29, 0.717) is 0 Å². The second-order valence-corrected chi connectivity index (χ2v) is 12.6. The van der Waals surface area contributed by atoms with E-state index in [1.807, 2.05) is 0 Å². The van der Waals surface area contributed by atoms with Crippen molar-refractivity contribution in [3.63, 3.8) is 0 Å². The maximum Gasteiger partial charge on any atom is 0.460 e. The summed E-state index contributed by atoms with van der Waals surface area (Å²) in [6.07, 6.45) is -42.8. The third-order valence-corrected chi connectivity index (χ3v) is 8.41. The van der Waals surface area contributed by atoms with E-state index in [0.717, 1.165) is 0 Å². The molecule has 0 rings (SSSR count). The van der Waals surface area contributed by atoms with Gasteiger partial charge in [-0.1, -0.05) is 12.8 Å². The molecule has 394 valence electrons. The Morgan fingerprint density at radius 1 is 0.277 bits per heavy atom. The van der Waals surface area contributed by atoms with Gasteiger partial charge in [-0.3, -0.25) is 0 Å². The van der Waals surface area contributed by atoms with Gasteiger partial charge in [-0.25, -0.2) is 13.7 Å². The summed E-state index contributed by atoms with van der Waals surface area (Å²) in [6, 6.07) is 0. The van der Waals surface area contributed by atoms with Crippen LogP contribution in [0.5, 0.6) is 0 Å². The Hall–Kier alpha value is -2.39. The molecule has 0 aromatic heterocycles. The van der Waals surface area contributed by atoms with E-state index < -0.39 is 151 Å². The first kappa shape index (κ1) is 64.7. The van der Waals surface area contributed by atoms with Crippen LogP contribution in [0.15, 0.2) is 0 Å². The molecule has 4 unspecified atom stereocenters. The molecule has 4 N–H and O–H groups in total. The molecule has 0 aliphatic heterocycles. The summed E-state index contributed by atoms with van der Waals surface area (Å²) in [7, 11) is 0. The van der Waals surface area contributed by atoms with Crippen molar-refractivity contribution < 1.29 is 168 Å². The van der Waals surface area contributed by atoms with Crippen LogP contribution in [0, 0.1) is 0 Å². The van der Waals surface area contributed by atoms with Gasteiger partial charge in [-0.05, 0) is 19.4 Å². The van der Waals surface area contributed by atoms with Crippen LogP contribution in [0.25, 0.3) is 0 Å². The average Bonchev–Trinajstić information content (AvgIpc) is 3.06. The Bertz CT molecular complexity index is 1500. The molecule has 0 aromatic rings. The Balaban J connectivity index is 0. The number of hydrogen-bond acceptors (Lipinski definition) is 4. The number of hydrogen-bond donors (Lipinski definition) is 3. The molecule has 0 aliphatic rings. The van der Waals surface area contributed by atoms with Crippen LogP contribution in [0.2, 0.25) is 0 Å². The van der Waals surface area contributed by atoms with Crippen LogP contribution in [0.3, 0.4) is 0 Å². The summed E-state index contributed by atoms with van der Waals surface area (Å²) in [5.41, 5.74) is 4.77. The molecule has 41 heteroatoms. The molecular formula is C24H17ClF36N2O2. The molecule has 0 saturated carbocycles. The summed E-state index contributed by atoms with van der Waals surface area (Å²) in [5, 5.41) is 18.1. The minimum Gasteiger partial charge on any atom is -0.351 e. The largest absolute Gasteiger partial charge is 0.460 e. The first-order chi connectivity index (χ1) is 27.2. The fourth-order valence-corrected chi connectivity index (χ4v) is 4.73. The van der Waals surface area contributed by atoms with Gasteiger partial charge < -0.3 is 15.9 Å². The smallest absolute Gasteiger partial charge is 0.351 e. The van der Waals surface area contributed by atoms with Gasteiger partial charge in [0.1, 0.15) is 0 Å². The maximum atomic E-state index is 16.5. The van der Waals surface area contributed by atoms with Crippen LogP contribution < -0.4 is 5.73 Å². The molecule has 0 amide bonds. The van der Waals surface area contributed by atoms with E-state index in [-0.39, 0.29) is 12.4 Å². The molecule has 0 saturated heterocycles. The zero-order chi connectivity index (χ0) is 52.8. The highest BCUT2D eigenvalue weighted by atomic mass is 35.5. The zero-order valence-corrected chi connectivity index (χ0v) is 30.0. The molecule has 65 heavy (non-hydrogen) atoms. The van der Waals surface area contributed by atoms with Gasteiger partial charge in [0.25, 0.3) is 0 Å². The fourth-order valence-electron chi connectivity index (χ4n) is 4.73. The molecule has 0 spiro atoms. The number of alkyl halides is 36. The molecule has 0 bridgehead atoms. The Morgan fingerprint density at radius 2 is 0.477 bits per heavy atom. The highest BCUT2D eigenvalue weighted by molar-refractivity contribution is 5.85. The van der Waals surface area contributed by atoms with Crippen LogP contribution in [-0.2, 0) is 0 Å². The number of nitrogens with zero attached hydrogens (tertiary/aromatic N) is 1. The summed E-state index contributed by atoms with van der Waals surface area (Å²) >= 11 is 0. The van der Waals surface area contributed by atoms with E-state index in [4.69, 9.17) is 15.9 Å². The van der Waals surface area contributed by atoms with Gasteiger partial charge in [0, 0.05) is 6.54 Å². The minimum atomic E-state index is -10.6. The number of aliphatic hydroxyl groups is 2. The Kier molecular flexibility index (Phi) is 17.1. The van der Waals surface area contributed by atoms with Crippen molar-refractivity contribution in [1.29, 1.82) is 0 Å². The first-order valence-electron chi connectivity index (χ1n) is 14.9. The minimum absolute atomic E-state index is 0. The zero-order valence-electron chi connectivity index (χ0n) is 29.2. The monoisotopic (exact) mass is 1080 g/mol. The molecule has 0 radical (unpaired) electrons. The van der Waals surface area contributed by atoms with Crippen molar-refractivity contribution in [2.24, 2.45) is 5.73 Å². The number of halogens is 37. The van der Waals surface area contributed by atoms with Gasteiger partial charge >= 0.3 is 107 Å². The lowest BCUT2D eigenvalue weighted by atomic mass is 9.79. The lowest BCUT2D eigenvalue weighted by Gasteiger charge is -2.57.